The fourth-order valence-electron chi connectivity index (χ4n) is 1.57. The van der Waals surface area contributed by atoms with E-state index in [9.17, 15) is 4.79 Å². The summed E-state index contributed by atoms with van der Waals surface area (Å²) in [6.07, 6.45) is 0. The molecule has 0 N–H and O–H groups in total. The molecule has 5 heteroatoms. The van der Waals surface area contributed by atoms with Gasteiger partial charge in [0, 0.05) is 0 Å². The summed E-state index contributed by atoms with van der Waals surface area (Å²) in [7, 11) is 1.90. The monoisotopic (exact) mass is 363 g/mol. The molecule has 0 unspecified atom stereocenters. The van der Waals surface area contributed by atoms with Gasteiger partial charge in [-0.2, -0.15) is 0 Å². The van der Waals surface area contributed by atoms with Crippen molar-refractivity contribution in [2.75, 3.05) is 19.3 Å². The molecule has 0 fully saturated rings. The zero-order chi connectivity index (χ0) is 11.9. The molecule has 1 aromatic rings. The number of thioether (sulfide) groups is 1. The van der Waals surface area contributed by atoms with Crippen LogP contribution in [0.4, 0.5) is 0 Å². The van der Waals surface area contributed by atoms with Gasteiger partial charge in [-0.25, -0.2) is 0 Å². The van der Waals surface area contributed by atoms with Crippen LogP contribution in [0.3, 0.4) is 0 Å². The van der Waals surface area contributed by atoms with Crippen LogP contribution < -0.4 is 2.89 Å². The van der Waals surface area contributed by atoms with Crippen LogP contribution in [0.25, 0.3) is 0 Å². The van der Waals surface area contributed by atoms with Crippen molar-refractivity contribution in [3.8, 4) is 0 Å². The first-order valence-corrected chi connectivity index (χ1v) is 17.2. The normalized spacial score (nSPS) is 17.2. The number of carbonyl (C=O) groups excluding carboxylic acids is 1. The molecule has 1 aromatic heterocycles. The number of thiophene rings is 1. The third-order valence-corrected chi connectivity index (χ3v) is 14.4. The van der Waals surface area contributed by atoms with Crippen molar-refractivity contribution in [1.82, 2.24) is 4.90 Å². The molecular weight excluding hydrogens is 345 g/mol. The molecule has 2 rings (SSSR count). The molecular formula is C11H17NOS2Sn. The van der Waals surface area contributed by atoms with Gasteiger partial charge < -0.3 is 0 Å². The first-order valence-electron chi connectivity index (χ1n) is 5.42. The van der Waals surface area contributed by atoms with Crippen molar-refractivity contribution >= 4 is 50.3 Å². The van der Waals surface area contributed by atoms with Crippen molar-refractivity contribution in [3.05, 3.63) is 10.9 Å². The molecule has 0 aromatic carbocycles. The molecule has 1 aliphatic heterocycles. The molecule has 1 amide bonds. The summed E-state index contributed by atoms with van der Waals surface area (Å²) in [4.78, 5) is 23.4. The number of amides is 1. The van der Waals surface area contributed by atoms with Gasteiger partial charge in [0.2, 0.25) is 0 Å². The maximum absolute atomic E-state index is 12.1. The summed E-state index contributed by atoms with van der Waals surface area (Å²) in [5.74, 6) is 1.23. The zero-order valence-corrected chi connectivity index (χ0v) is 14.7. The zero-order valence-electron chi connectivity index (χ0n) is 10.2. The molecule has 88 valence electrons. The van der Waals surface area contributed by atoms with E-state index in [0.717, 1.165) is 17.2 Å². The van der Waals surface area contributed by atoms with E-state index in [1.807, 2.05) is 23.7 Å². The van der Waals surface area contributed by atoms with E-state index < -0.39 is 18.4 Å². The van der Waals surface area contributed by atoms with Gasteiger partial charge in [0.1, 0.15) is 0 Å². The standard InChI is InChI=1S/C8H8NOS2.3CH3.Sn/c1-9-3-5-11-6-2-4-12-7(6)8(9)10;;;;/h2H,3,5H2,1H3;3*1H3;. The van der Waals surface area contributed by atoms with Crippen LogP contribution >= 0.6 is 23.1 Å². The number of nitrogens with zero attached hydrogens (tertiary/aromatic N) is 1. The summed E-state index contributed by atoms with van der Waals surface area (Å²) in [5, 5.41) is 0. The first-order chi connectivity index (χ1) is 7.39. The Kier molecular flexibility index (Phi) is 3.62. The molecule has 1 aliphatic rings. The van der Waals surface area contributed by atoms with Crippen molar-refractivity contribution in [2.45, 2.75) is 19.7 Å². The second-order valence-electron chi connectivity index (χ2n) is 5.13. The van der Waals surface area contributed by atoms with E-state index in [4.69, 9.17) is 0 Å². The summed E-state index contributed by atoms with van der Waals surface area (Å²) < 4.78 is 1.51. The van der Waals surface area contributed by atoms with Gasteiger partial charge in [-0.1, -0.05) is 0 Å². The van der Waals surface area contributed by atoms with Crippen LogP contribution in [-0.2, 0) is 0 Å². The van der Waals surface area contributed by atoms with Crippen LogP contribution in [0.5, 0.6) is 0 Å². The van der Waals surface area contributed by atoms with Gasteiger partial charge in [0.25, 0.3) is 0 Å². The molecule has 0 atom stereocenters. The van der Waals surface area contributed by atoms with Crippen molar-refractivity contribution < 1.29 is 4.79 Å². The predicted molar refractivity (Wildman–Crippen MR) is 75.0 cm³/mol. The van der Waals surface area contributed by atoms with Crippen LogP contribution in [0.1, 0.15) is 9.67 Å². The van der Waals surface area contributed by atoms with Crippen LogP contribution in [0.2, 0.25) is 14.8 Å². The number of carbonyl (C=O) groups is 1. The van der Waals surface area contributed by atoms with Crippen LogP contribution in [0.15, 0.2) is 11.0 Å². The Balaban J connectivity index is 2.44. The van der Waals surface area contributed by atoms with Gasteiger partial charge in [-0.3, -0.25) is 0 Å². The number of hydrogen-bond acceptors (Lipinski definition) is 3. The van der Waals surface area contributed by atoms with E-state index in [2.05, 4.69) is 20.9 Å². The van der Waals surface area contributed by atoms with Crippen LogP contribution in [-0.4, -0.2) is 48.5 Å². The molecule has 0 saturated carbocycles. The molecule has 0 saturated heterocycles. The minimum absolute atomic E-state index is 0.215. The summed E-state index contributed by atoms with van der Waals surface area (Å²) >= 11 is 1.58. The third kappa shape index (κ3) is 2.43. The average molecular weight is 362 g/mol. The van der Waals surface area contributed by atoms with Gasteiger partial charge in [-0.15, -0.1) is 0 Å². The third-order valence-electron chi connectivity index (χ3n) is 2.66. The topological polar surface area (TPSA) is 20.3 Å². The molecule has 0 spiro atoms. The van der Waals surface area contributed by atoms with E-state index in [0.29, 0.717) is 0 Å². The fourth-order valence-corrected chi connectivity index (χ4v) is 9.50. The van der Waals surface area contributed by atoms with E-state index in [-0.39, 0.29) is 5.91 Å². The Morgan fingerprint density at radius 1 is 1.38 bits per heavy atom. The van der Waals surface area contributed by atoms with E-state index in [1.54, 1.807) is 11.3 Å². The average Bonchev–Trinajstić information content (AvgIpc) is 2.55. The fraction of sp³-hybridized carbons (Fsp3) is 0.545. The molecule has 2 heterocycles. The predicted octanol–water partition coefficient (Wildman–Crippen LogP) is 2.47. The second-order valence-corrected chi connectivity index (χ2v) is 22.7. The summed E-state index contributed by atoms with van der Waals surface area (Å²) in [6.45, 7) is 0.860. The van der Waals surface area contributed by atoms with Gasteiger partial charge >= 0.3 is 110 Å². The number of hydrogen-bond donors (Lipinski definition) is 0. The Morgan fingerprint density at radius 2 is 2.06 bits per heavy atom. The Labute approximate surface area is 109 Å². The SMILES string of the molecule is CN1CCSc2c[c]([Sn]([CH3])([CH3])[CH3])sc2C1=O. The van der Waals surface area contributed by atoms with Gasteiger partial charge in [0.05, 0.1) is 0 Å². The van der Waals surface area contributed by atoms with Crippen LogP contribution in [0, 0.1) is 0 Å². The first kappa shape index (κ1) is 12.8. The maximum atomic E-state index is 12.1. The Bertz CT molecular complexity index is 422. The van der Waals surface area contributed by atoms with Gasteiger partial charge in [-0.05, 0) is 0 Å². The molecule has 0 radical (unpaired) electrons. The van der Waals surface area contributed by atoms with E-state index >= 15 is 0 Å². The van der Waals surface area contributed by atoms with E-state index in [1.165, 1.54) is 7.79 Å². The van der Waals surface area contributed by atoms with Crippen molar-refractivity contribution in [3.63, 3.8) is 0 Å². The molecule has 0 aliphatic carbocycles. The van der Waals surface area contributed by atoms with Crippen molar-refractivity contribution in [1.29, 1.82) is 0 Å². The van der Waals surface area contributed by atoms with Crippen molar-refractivity contribution in [2.24, 2.45) is 0 Å². The Morgan fingerprint density at radius 3 is 2.69 bits per heavy atom. The molecule has 2 nitrogen and oxygen atoms in total. The number of fused-ring (bicyclic) bond motifs is 1. The Hall–Kier alpha value is 0.319. The quantitative estimate of drug-likeness (QED) is 0.716. The summed E-state index contributed by atoms with van der Waals surface area (Å²) in [5.41, 5.74) is 0. The second kappa shape index (κ2) is 4.53. The number of rotatable bonds is 1. The molecule has 0 bridgehead atoms. The summed E-state index contributed by atoms with van der Waals surface area (Å²) in [6, 6.07) is 2.29. The molecule has 16 heavy (non-hydrogen) atoms. The minimum atomic E-state index is -2.01. The van der Waals surface area contributed by atoms with Gasteiger partial charge in [0.15, 0.2) is 0 Å².